The molecule has 148 valence electrons. The second kappa shape index (κ2) is 16.3. The summed E-state index contributed by atoms with van der Waals surface area (Å²) in [6, 6.07) is 0. The molecule has 8 N–H and O–H groups in total. The fraction of sp³-hybridized carbons (Fsp3) is 0.882. The zero-order chi connectivity index (χ0) is 18.9. The monoisotopic (exact) mass is 358 g/mol. The molecule has 0 aromatic heterocycles. The Morgan fingerprint density at radius 1 is 0.520 bits per heavy atom. The minimum Gasteiger partial charge on any atom is -0.343 e. The summed E-state index contributed by atoms with van der Waals surface area (Å²) in [5, 5.41) is 0. The molecule has 0 bridgehead atoms. The van der Waals surface area contributed by atoms with Crippen LogP contribution in [0.5, 0.6) is 0 Å². The molecule has 0 saturated carbocycles. The van der Waals surface area contributed by atoms with Crippen LogP contribution in [0.15, 0.2) is 0 Å². The lowest BCUT2D eigenvalue weighted by molar-refractivity contribution is -0.133. The maximum Gasteiger partial charge on any atom is 0.222 e. The topological polar surface area (TPSA) is 145 Å². The van der Waals surface area contributed by atoms with Gasteiger partial charge in [-0.1, -0.05) is 0 Å². The van der Waals surface area contributed by atoms with Gasteiger partial charge in [-0.3, -0.25) is 9.59 Å². The predicted molar refractivity (Wildman–Crippen MR) is 102 cm³/mol. The summed E-state index contributed by atoms with van der Waals surface area (Å²) in [5.74, 6) is 0.214. The molecule has 8 nitrogen and oxygen atoms in total. The van der Waals surface area contributed by atoms with E-state index in [1.807, 2.05) is 4.90 Å². The molecule has 2 amide bonds. The van der Waals surface area contributed by atoms with Crippen molar-refractivity contribution >= 4 is 11.8 Å². The number of hydrogen-bond donors (Lipinski definition) is 4. The lowest BCUT2D eigenvalue weighted by Crippen LogP contribution is -2.37. The normalized spacial score (nSPS) is 10.7. The number of carbonyl (C=O) groups is 2. The summed E-state index contributed by atoms with van der Waals surface area (Å²) in [7, 11) is 0. The van der Waals surface area contributed by atoms with E-state index in [0.717, 1.165) is 19.3 Å². The van der Waals surface area contributed by atoms with Crippen LogP contribution in [0.3, 0.4) is 0 Å². The second-order valence-electron chi connectivity index (χ2n) is 6.18. The number of nitrogens with zero attached hydrogens (tertiary/aromatic N) is 2. The molecule has 0 fully saturated rings. The lowest BCUT2D eigenvalue weighted by atomic mass is 10.1. The molecule has 0 atom stereocenters. The predicted octanol–water partition coefficient (Wildman–Crippen LogP) is -0.791. The van der Waals surface area contributed by atoms with Crippen LogP contribution >= 0.6 is 0 Å². The van der Waals surface area contributed by atoms with Gasteiger partial charge in [0.1, 0.15) is 0 Å². The van der Waals surface area contributed by atoms with Crippen molar-refractivity contribution in [1.82, 2.24) is 9.80 Å². The summed E-state index contributed by atoms with van der Waals surface area (Å²) < 4.78 is 0. The standard InChI is InChI=1S/C17H38N6O2/c18-8-3-12-22(13-4-9-19)16(24)6-1-2-7-17(25)23(15-11-21)14-5-10-20/h1-15,18-21H2. The van der Waals surface area contributed by atoms with Crippen molar-refractivity contribution in [2.75, 3.05) is 52.4 Å². The minimum absolute atomic E-state index is 0.0921. The molecule has 0 aliphatic heterocycles. The Morgan fingerprint density at radius 2 is 0.880 bits per heavy atom. The van der Waals surface area contributed by atoms with Gasteiger partial charge in [0.05, 0.1) is 0 Å². The highest BCUT2D eigenvalue weighted by molar-refractivity contribution is 5.77. The van der Waals surface area contributed by atoms with Gasteiger partial charge in [-0.05, 0) is 51.7 Å². The third-order valence-corrected chi connectivity index (χ3v) is 4.03. The molecule has 0 radical (unpaired) electrons. The average Bonchev–Trinajstić information content (AvgIpc) is 2.62. The number of nitrogens with two attached hydrogens (primary N) is 4. The molecule has 25 heavy (non-hydrogen) atoms. The van der Waals surface area contributed by atoms with E-state index >= 15 is 0 Å². The van der Waals surface area contributed by atoms with E-state index in [9.17, 15) is 9.59 Å². The first-order chi connectivity index (χ1) is 12.1. The van der Waals surface area contributed by atoms with E-state index in [0.29, 0.717) is 78.0 Å². The largest absolute Gasteiger partial charge is 0.343 e. The molecular weight excluding hydrogens is 320 g/mol. The third kappa shape index (κ3) is 11.9. The van der Waals surface area contributed by atoms with Gasteiger partial charge in [0.2, 0.25) is 11.8 Å². The van der Waals surface area contributed by atoms with Gasteiger partial charge >= 0.3 is 0 Å². The van der Waals surface area contributed by atoms with Crippen molar-refractivity contribution in [3.8, 4) is 0 Å². The molecular formula is C17H38N6O2. The van der Waals surface area contributed by atoms with Crippen LogP contribution in [0.1, 0.15) is 44.9 Å². The summed E-state index contributed by atoms with van der Waals surface area (Å²) in [6.45, 7) is 4.72. The Balaban J connectivity index is 4.15. The number of carbonyl (C=O) groups excluding carboxylic acids is 2. The van der Waals surface area contributed by atoms with Crippen molar-refractivity contribution in [3.05, 3.63) is 0 Å². The number of amides is 2. The third-order valence-electron chi connectivity index (χ3n) is 4.03. The highest BCUT2D eigenvalue weighted by atomic mass is 16.2. The molecule has 8 heteroatoms. The van der Waals surface area contributed by atoms with Crippen molar-refractivity contribution in [3.63, 3.8) is 0 Å². The van der Waals surface area contributed by atoms with Crippen LogP contribution in [0.2, 0.25) is 0 Å². The number of unbranched alkanes of at least 4 members (excludes halogenated alkanes) is 1. The van der Waals surface area contributed by atoms with E-state index < -0.39 is 0 Å². The Labute approximate surface area is 152 Å². The first-order valence-electron chi connectivity index (χ1n) is 9.46. The smallest absolute Gasteiger partial charge is 0.222 e. The highest BCUT2D eigenvalue weighted by Crippen LogP contribution is 2.07. The quantitative estimate of drug-likeness (QED) is 0.266. The first-order valence-corrected chi connectivity index (χ1v) is 9.46. The van der Waals surface area contributed by atoms with Crippen LogP contribution in [-0.2, 0) is 9.59 Å². The van der Waals surface area contributed by atoms with E-state index in [4.69, 9.17) is 22.9 Å². The summed E-state index contributed by atoms with van der Waals surface area (Å²) in [5.41, 5.74) is 22.1. The molecule has 0 saturated heterocycles. The van der Waals surface area contributed by atoms with E-state index in [-0.39, 0.29) is 11.8 Å². The Hall–Kier alpha value is -1.22. The van der Waals surface area contributed by atoms with E-state index in [1.165, 1.54) is 0 Å². The molecule has 0 aliphatic rings. The van der Waals surface area contributed by atoms with Crippen LogP contribution in [-0.4, -0.2) is 74.0 Å². The van der Waals surface area contributed by atoms with E-state index in [1.54, 1.807) is 4.90 Å². The minimum atomic E-state index is 0.0921. The van der Waals surface area contributed by atoms with Crippen LogP contribution in [0.4, 0.5) is 0 Å². The molecule has 0 aliphatic carbocycles. The maximum atomic E-state index is 12.3. The molecule has 0 aromatic rings. The molecule has 0 unspecified atom stereocenters. The van der Waals surface area contributed by atoms with Crippen LogP contribution in [0.25, 0.3) is 0 Å². The number of hydrogen-bond acceptors (Lipinski definition) is 6. The van der Waals surface area contributed by atoms with Crippen molar-refractivity contribution in [1.29, 1.82) is 0 Å². The summed E-state index contributed by atoms with van der Waals surface area (Å²) in [4.78, 5) is 28.1. The van der Waals surface area contributed by atoms with Gasteiger partial charge in [0.25, 0.3) is 0 Å². The van der Waals surface area contributed by atoms with Gasteiger partial charge in [-0.2, -0.15) is 0 Å². The zero-order valence-corrected chi connectivity index (χ0v) is 15.6. The maximum absolute atomic E-state index is 12.3. The fourth-order valence-corrected chi connectivity index (χ4v) is 2.59. The van der Waals surface area contributed by atoms with Gasteiger partial charge in [-0.15, -0.1) is 0 Å². The van der Waals surface area contributed by atoms with Crippen molar-refractivity contribution in [2.24, 2.45) is 22.9 Å². The Kier molecular flexibility index (Phi) is 15.5. The van der Waals surface area contributed by atoms with Gasteiger partial charge in [0, 0.05) is 45.6 Å². The summed E-state index contributed by atoms with van der Waals surface area (Å²) in [6.07, 6.45) is 4.69. The van der Waals surface area contributed by atoms with Gasteiger partial charge in [-0.25, -0.2) is 0 Å². The van der Waals surface area contributed by atoms with E-state index in [2.05, 4.69) is 0 Å². The first kappa shape index (κ1) is 23.8. The van der Waals surface area contributed by atoms with Crippen molar-refractivity contribution in [2.45, 2.75) is 44.9 Å². The summed E-state index contributed by atoms with van der Waals surface area (Å²) >= 11 is 0. The van der Waals surface area contributed by atoms with Crippen LogP contribution < -0.4 is 22.9 Å². The molecule has 0 heterocycles. The van der Waals surface area contributed by atoms with Crippen molar-refractivity contribution < 1.29 is 9.59 Å². The zero-order valence-electron chi connectivity index (χ0n) is 15.6. The van der Waals surface area contributed by atoms with Gasteiger partial charge < -0.3 is 32.7 Å². The molecule has 0 aromatic carbocycles. The second-order valence-corrected chi connectivity index (χ2v) is 6.18. The lowest BCUT2D eigenvalue weighted by Gasteiger charge is -2.23. The molecule has 0 rings (SSSR count). The van der Waals surface area contributed by atoms with Gasteiger partial charge in [0.15, 0.2) is 0 Å². The Bertz CT molecular complexity index is 346. The average molecular weight is 359 g/mol. The SMILES string of the molecule is NCCCN(CCN)C(=O)CCCCC(=O)N(CCCN)CCCN. The molecule has 0 spiro atoms. The number of rotatable bonds is 16. The Morgan fingerprint density at radius 3 is 1.20 bits per heavy atom. The highest BCUT2D eigenvalue weighted by Gasteiger charge is 2.14. The van der Waals surface area contributed by atoms with Crippen LogP contribution in [0, 0.1) is 0 Å². The fourth-order valence-electron chi connectivity index (χ4n) is 2.59.